The molecule has 2 N–H and O–H groups in total. The number of rotatable bonds is 5. The monoisotopic (exact) mass is 546 g/mol. The molecule has 3 aromatic heterocycles. The molecule has 0 atom stereocenters. The summed E-state index contributed by atoms with van der Waals surface area (Å²) in [5, 5.41) is 13.6. The van der Waals surface area contributed by atoms with Gasteiger partial charge in [0.05, 0.1) is 11.7 Å². The van der Waals surface area contributed by atoms with E-state index < -0.39 is 5.82 Å². The number of phenolic OH excluding ortho intramolecular Hbond substituents is 1. The number of anilines is 1. The molecule has 1 aliphatic heterocycles. The molecule has 8 nitrogen and oxygen atoms in total. The van der Waals surface area contributed by atoms with Gasteiger partial charge in [0, 0.05) is 46.5 Å². The van der Waals surface area contributed by atoms with Crippen molar-refractivity contribution in [1.29, 1.82) is 0 Å². The van der Waals surface area contributed by atoms with Crippen LogP contribution in [0, 0.1) is 9.65 Å². The lowest BCUT2D eigenvalue weighted by molar-refractivity contribution is 0.268. The third-order valence-corrected chi connectivity index (χ3v) is 5.87. The fraction of sp³-hybridized carbons (Fsp3) is 0.273. The van der Waals surface area contributed by atoms with E-state index in [4.69, 9.17) is 4.74 Å². The topological polar surface area (TPSA) is 98.0 Å². The largest absolute Gasteiger partial charge is 0.507 e. The quantitative estimate of drug-likeness (QED) is 0.287. The fourth-order valence-electron chi connectivity index (χ4n) is 3.84. The summed E-state index contributed by atoms with van der Waals surface area (Å²) in [6.45, 7) is 5.31. The smallest absolute Gasteiger partial charge is 0.299 e. The number of halogens is 2. The van der Waals surface area contributed by atoms with Gasteiger partial charge in [-0.25, -0.2) is 14.4 Å². The second-order valence-corrected chi connectivity index (χ2v) is 9.23. The van der Waals surface area contributed by atoms with Crippen molar-refractivity contribution in [3.8, 4) is 22.9 Å². The lowest BCUT2D eigenvalue weighted by Crippen LogP contribution is -2.26. The molecular formula is C22H20FIN6O2. The minimum atomic E-state index is -0.449. The molecule has 0 saturated heterocycles. The maximum absolute atomic E-state index is 13.6. The summed E-state index contributed by atoms with van der Waals surface area (Å²) in [5.74, 6) is 0.279. The van der Waals surface area contributed by atoms with Crippen LogP contribution in [0.2, 0.25) is 0 Å². The number of nitrogens with zero attached hydrogens (tertiary/aromatic N) is 5. The molecule has 10 heteroatoms. The Morgan fingerprint density at radius 1 is 1.22 bits per heavy atom. The van der Waals surface area contributed by atoms with Crippen LogP contribution >= 0.6 is 22.6 Å². The molecule has 0 aliphatic carbocycles. The first-order chi connectivity index (χ1) is 15.3. The Balaban J connectivity index is 1.38. The fourth-order valence-corrected chi connectivity index (χ4v) is 4.31. The highest BCUT2D eigenvalue weighted by Gasteiger charge is 2.36. The highest BCUT2D eigenvalue weighted by molar-refractivity contribution is 14.1. The van der Waals surface area contributed by atoms with Crippen molar-refractivity contribution in [3.05, 3.63) is 51.9 Å². The van der Waals surface area contributed by atoms with E-state index in [1.807, 2.05) is 16.7 Å². The van der Waals surface area contributed by atoms with Gasteiger partial charge in [-0.1, -0.05) is 6.07 Å². The van der Waals surface area contributed by atoms with Crippen LogP contribution in [0.4, 0.5) is 10.2 Å². The number of phenols is 1. The van der Waals surface area contributed by atoms with Gasteiger partial charge in [0.2, 0.25) is 0 Å². The lowest BCUT2D eigenvalue weighted by Gasteiger charge is -2.18. The van der Waals surface area contributed by atoms with Crippen molar-refractivity contribution in [2.75, 3.05) is 18.5 Å². The first-order valence-electron chi connectivity index (χ1n) is 10.1. The average molecular weight is 546 g/mol. The minimum Gasteiger partial charge on any atom is -0.507 e. The maximum Gasteiger partial charge on any atom is 0.299 e. The van der Waals surface area contributed by atoms with Crippen LogP contribution in [0.3, 0.4) is 0 Å². The zero-order chi connectivity index (χ0) is 22.5. The zero-order valence-electron chi connectivity index (χ0n) is 17.4. The van der Waals surface area contributed by atoms with Crippen LogP contribution in [-0.4, -0.2) is 42.8 Å². The Morgan fingerprint density at radius 2 is 2.06 bits per heavy atom. The molecule has 4 aromatic rings. The van der Waals surface area contributed by atoms with Gasteiger partial charge in [-0.2, -0.15) is 4.98 Å². The van der Waals surface area contributed by atoms with E-state index in [0.717, 1.165) is 17.4 Å². The highest BCUT2D eigenvalue weighted by atomic mass is 127. The van der Waals surface area contributed by atoms with E-state index in [9.17, 15) is 9.50 Å². The Morgan fingerprint density at radius 3 is 2.88 bits per heavy atom. The number of ether oxygens (including phenoxy) is 1. The van der Waals surface area contributed by atoms with Gasteiger partial charge < -0.3 is 15.2 Å². The molecule has 0 unspecified atom stereocenters. The predicted molar refractivity (Wildman–Crippen MR) is 126 cm³/mol. The van der Waals surface area contributed by atoms with Crippen LogP contribution in [0.1, 0.15) is 19.4 Å². The zero-order valence-corrected chi connectivity index (χ0v) is 19.6. The second kappa shape index (κ2) is 7.84. The molecule has 1 aromatic carbocycles. The third kappa shape index (κ3) is 3.72. The van der Waals surface area contributed by atoms with Gasteiger partial charge in [-0.15, -0.1) is 0 Å². The molecule has 4 heterocycles. The summed E-state index contributed by atoms with van der Waals surface area (Å²) in [5.41, 5.74) is 3.23. The standard InChI is InChI=1S/C22H20FIN6O2/c1-22(2)11-32-21-27-17-18(28-20(24)29-19(17)30(21)22)26-6-5-12-3-4-16(31)15(7-12)13-8-14(23)10-25-9-13/h3-4,7-10,31H,5-6,11H2,1-2H3,(H,26,28,29). The normalized spacial score (nSPS) is 14.4. The van der Waals surface area contributed by atoms with E-state index >= 15 is 0 Å². The summed E-state index contributed by atoms with van der Waals surface area (Å²) in [4.78, 5) is 17.6. The molecule has 0 amide bonds. The number of hydrogen-bond donors (Lipinski definition) is 2. The SMILES string of the molecule is CC1(C)COc2nc3c(NCCc4ccc(O)c(-c5cncc(F)c5)c4)nc(I)nc3n21. The molecule has 0 fully saturated rings. The van der Waals surface area contributed by atoms with E-state index in [-0.39, 0.29) is 11.3 Å². The summed E-state index contributed by atoms with van der Waals surface area (Å²) < 4.78 is 21.9. The van der Waals surface area contributed by atoms with E-state index in [1.54, 1.807) is 6.07 Å². The molecule has 32 heavy (non-hydrogen) atoms. The number of aromatic hydroxyl groups is 1. The van der Waals surface area contributed by atoms with E-state index in [0.29, 0.717) is 51.9 Å². The molecule has 1 aliphatic rings. The van der Waals surface area contributed by atoms with Gasteiger partial charge in [-0.05, 0) is 44.0 Å². The first kappa shape index (κ1) is 20.9. The van der Waals surface area contributed by atoms with Crippen LogP contribution in [0.5, 0.6) is 11.8 Å². The Hall–Kier alpha value is -3.02. The molecule has 0 saturated carbocycles. The van der Waals surface area contributed by atoms with Crippen molar-refractivity contribution in [3.63, 3.8) is 0 Å². The number of benzene rings is 1. The number of aromatic nitrogens is 5. The number of hydrogen-bond acceptors (Lipinski definition) is 7. The van der Waals surface area contributed by atoms with Crippen molar-refractivity contribution in [1.82, 2.24) is 24.5 Å². The first-order valence-corrected chi connectivity index (χ1v) is 11.2. The minimum absolute atomic E-state index is 0.0799. The molecule has 5 rings (SSSR count). The summed E-state index contributed by atoms with van der Waals surface area (Å²) in [6, 6.07) is 7.20. The molecule has 0 bridgehead atoms. The summed E-state index contributed by atoms with van der Waals surface area (Å²) in [7, 11) is 0. The summed E-state index contributed by atoms with van der Waals surface area (Å²) >= 11 is 2.10. The lowest BCUT2D eigenvalue weighted by atomic mass is 10.0. The van der Waals surface area contributed by atoms with Gasteiger partial charge >= 0.3 is 0 Å². The molecule has 0 radical (unpaired) electrons. The third-order valence-electron chi connectivity index (χ3n) is 5.39. The van der Waals surface area contributed by atoms with Crippen LogP contribution < -0.4 is 10.1 Å². The number of imidazole rings is 1. The number of nitrogens with one attached hydrogen (secondary N) is 1. The Kier molecular flexibility index (Phi) is 5.11. The Bertz CT molecular complexity index is 1340. The van der Waals surface area contributed by atoms with Gasteiger partial charge in [0.1, 0.15) is 18.2 Å². The van der Waals surface area contributed by atoms with Crippen LogP contribution in [-0.2, 0) is 12.0 Å². The van der Waals surface area contributed by atoms with Crippen LogP contribution in [0.15, 0.2) is 36.7 Å². The van der Waals surface area contributed by atoms with Crippen LogP contribution in [0.25, 0.3) is 22.3 Å². The van der Waals surface area contributed by atoms with E-state index in [1.165, 1.54) is 12.3 Å². The van der Waals surface area contributed by atoms with Gasteiger partial charge in [0.25, 0.3) is 6.01 Å². The second-order valence-electron chi connectivity index (χ2n) is 8.26. The number of pyridine rings is 1. The van der Waals surface area contributed by atoms with Gasteiger partial charge in [0.15, 0.2) is 20.8 Å². The van der Waals surface area contributed by atoms with Gasteiger partial charge in [-0.3, -0.25) is 9.55 Å². The van der Waals surface area contributed by atoms with Crippen molar-refractivity contribution in [2.24, 2.45) is 0 Å². The molecule has 164 valence electrons. The number of fused-ring (bicyclic) bond motifs is 3. The maximum atomic E-state index is 13.6. The predicted octanol–water partition coefficient (Wildman–Crippen LogP) is 4.12. The van der Waals surface area contributed by atoms with Crippen molar-refractivity contribution < 1.29 is 14.2 Å². The Labute approximate surface area is 197 Å². The molecular weight excluding hydrogens is 526 g/mol. The van der Waals surface area contributed by atoms with Crippen molar-refractivity contribution in [2.45, 2.75) is 25.8 Å². The summed E-state index contributed by atoms with van der Waals surface area (Å²) in [6.07, 6.45) is 3.32. The highest BCUT2D eigenvalue weighted by Crippen LogP contribution is 2.36. The van der Waals surface area contributed by atoms with E-state index in [2.05, 4.69) is 61.7 Å². The van der Waals surface area contributed by atoms with Crippen molar-refractivity contribution >= 4 is 39.6 Å². The average Bonchev–Trinajstić information content (AvgIpc) is 3.26. The molecule has 0 spiro atoms.